The molecule has 1 unspecified atom stereocenters. The molecule has 0 spiro atoms. The van der Waals surface area contributed by atoms with Gasteiger partial charge in [0.15, 0.2) is 0 Å². The van der Waals surface area contributed by atoms with Crippen molar-refractivity contribution in [3.8, 4) is 0 Å². The van der Waals surface area contributed by atoms with Gasteiger partial charge in [0.1, 0.15) is 5.69 Å². The van der Waals surface area contributed by atoms with E-state index in [1.807, 2.05) is 31.4 Å². The van der Waals surface area contributed by atoms with Crippen molar-refractivity contribution in [2.24, 2.45) is 0 Å². The number of nitrogens with zero attached hydrogens (tertiary/aromatic N) is 2. The normalized spacial score (nSPS) is 12.3. The van der Waals surface area contributed by atoms with Gasteiger partial charge in [0.2, 0.25) is 0 Å². The molecule has 1 atom stereocenters. The number of thiophene rings is 1. The summed E-state index contributed by atoms with van der Waals surface area (Å²) in [6, 6.07) is 9.19. The summed E-state index contributed by atoms with van der Waals surface area (Å²) in [5, 5.41) is 4.98. The molecule has 0 bridgehead atoms. The lowest BCUT2D eigenvalue weighted by molar-refractivity contribution is 0.0940. The molecule has 124 valence electrons. The smallest absolute Gasteiger partial charge is 0.272 e. The molecule has 5 nitrogen and oxygen atoms in total. The molecule has 0 saturated heterocycles. The van der Waals surface area contributed by atoms with E-state index in [4.69, 9.17) is 0 Å². The van der Waals surface area contributed by atoms with E-state index in [2.05, 4.69) is 10.3 Å². The van der Waals surface area contributed by atoms with E-state index in [1.165, 1.54) is 0 Å². The number of carbonyl (C=O) groups excluding carboxylic acids is 1. The van der Waals surface area contributed by atoms with Gasteiger partial charge in [-0.05, 0) is 50.4 Å². The maximum atomic E-state index is 12.5. The van der Waals surface area contributed by atoms with Crippen LogP contribution < -0.4 is 10.9 Å². The number of amides is 1. The van der Waals surface area contributed by atoms with Crippen molar-refractivity contribution in [3.05, 3.63) is 62.2 Å². The second-order valence-electron chi connectivity index (χ2n) is 5.66. The van der Waals surface area contributed by atoms with Crippen LogP contribution in [-0.4, -0.2) is 15.5 Å². The lowest BCUT2D eigenvalue weighted by Crippen LogP contribution is -2.27. The molecular weight excluding hydrogens is 322 g/mol. The summed E-state index contributed by atoms with van der Waals surface area (Å²) in [4.78, 5) is 30.1. The topological polar surface area (TPSA) is 64.0 Å². The number of aromatic nitrogens is 2. The fourth-order valence-electron chi connectivity index (χ4n) is 2.72. The quantitative estimate of drug-likeness (QED) is 0.792. The van der Waals surface area contributed by atoms with E-state index < -0.39 is 0 Å². The van der Waals surface area contributed by atoms with Crippen LogP contribution >= 0.6 is 11.3 Å². The third-order valence-electron chi connectivity index (χ3n) is 4.01. The number of benzene rings is 1. The monoisotopic (exact) mass is 341 g/mol. The third kappa shape index (κ3) is 2.97. The molecule has 1 N–H and O–H groups in total. The maximum absolute atomic E-state index is 12.5. The summed E-state index contributed by atoms with van der Waals surface area (Å²) in [5.74, 6) is -0.147. The molecule has 0 aliphatic rings. The van der Waals surface area contributed by atoms with E-state index in [0.29, 0.717) is 23.3 Å². The van der Waals surface area contributed by atoms with Crippen LogP contribution in [0.3, 0.4) is 0 Å². The summed E-state index contributed by atoms with van der Waals surface area (Å²) in [7, 11) is 0. The Morgan fingerprint density at radius 2 is 2.17 bits per heavy atom. The first kappa shape index (κ1) is 16.4. The fourth-order valence-corrected chi connectivity index (χ4v) is 3.45. The Morgan fingerprint density at radius 3 is 2.83 bits per heavy atom. The second-order valence-corrected chi connectivity index (χ2v) is 6.64. The number of rotatable bonds is 4. The number of fused-ring (bicyclic) bond motifs is 1. The Balaban J connectivity index is 1.94. The van der Waals surface area contributed by atoms with Gasteiger partial charge in [0.25, 0.3) is 11.5 Å². The van der Waals surface area contributed by atoms with Gasteiger partial charge < -0.3 is 9.88 Å². The Kier molecular flexibility index (Phi) is 4.49. The zero-order valence-corrected chi connectivity index (χ0v) is 14.7. The van der Waals surface area contributed by atoms with Crippen molar-refractivity contribution in [3.63, 3.8) is 0 Å². The highest BCUT2D eigenvalue weighted by Crippen LogP contribution is 2.19. The zero-order chi connectivity index (χ0) is 17.3. The van der Waals surface area contributed by atoms with Crippen molar-refractivity contribution in [2.45, 2.75) is 33.4 Å². The molecule has 0 radical (unpaired) electrons. The molecule has 3 rings (SSSR count). The van der Waals surface area contributed by atoms with Gasteiger partial charge in [-0.2, -0.15) is 0 Å². The molecule has 3 aromatic rings. The molecule has 1 amide bonds. The highest BCUT2D eigenvalue weighted by Gasteiger charge is 2.14. The molecule has 6 heteroatoms. The molecule has 0 aliphatic carbocycles. The van der Waals surface area contributed by atoms with E-state index in [-0.39, 0.29) is 17.5 Å². The Morgan fingerprint density at radius 1 is 1.38 bits per heavy atom. The maximum Gasteiger partial charge on any atom is 0.272 e. The average Bonchev–Trinajstić information content (AvgIpc) is 3.10. The standard InChI is InChI=1S/C18H19N3O2S/c1-4-21-15-8-7-13(10-14(15)19-12(3)18(21)23)17(22)20-11(2)16-6-5-9-24-16/h5-11H,4H2,1-3H3,(H,20,22). The number of aryl methyl sites for hydroxylation is 2. The first-order chi connectivity index (χ1) is 11.5. The number of carbonyl (C=O) groups is 1. The number of hydrogen-bond acceptors (Lipinski definition) is 4. The Labute approximate surface area is 144 Å². The molecule has 0 fully saturated rings. The summed E-state index contributed by atoms with van der Waals surface area (Å²) < 4.78 is 1.67. The summed E-state index contributed by atoms with van der Waals surface area (Å²) >= 11 is 1.61. The summed E-state index contributed by atoms with van der Waals surface area (Å²) in [6.07, 6.45) is 0. The second kappa shape index (κ2) is 6.57. The molecule has 1 aromatic carbocycles. The molecular formula is C18H19N3O2S. The molecule has 2 heterocycles. The van der Waals surface area contributed by atoms with Gasteiger partial charge in [-0.25, -0.2) is 4.98 Å². The summed E-state index contributed by atoms with van der Waals surface area (Å²) in [6.45, 7) is 6.14. The van der Waals surface area contributed by atoms with Crippen LogP contribution in [0.2, 0.25) is 0 Å². The van der Waals surface area contributed by atoms with Crippen LogP contribution in [0, 0.1) is 6.92 Å². The van der Waals surface area contributed by atoms with Crippen LogP contribution in [0.4, 0.5) is 0 Å². The zero-order valence-electron chi connectivity index (χ0n) is 13.9. The summed E-state index contributed by atoms with van der Waals surface area (Å²) in [5.41, 5.74) is 2.29. The van der Waals surface area contributed by atoms with Crippen molar-refractivity contribution in [2.75, 3.05) is 0 Å². The van der Waals surface area contributed by atoms with Crippen molar-refractivity contribution in [1.29, 1.82) is 0 Å². The van der Waals surface area contributed by atoms with Crippen molar-refractivity contribution in [1.82, 2.24) is 14.9 Å². The van der Waals surface area contributed by atoms with E-state index in [9.17, 15) is 9.59 Å². The van der Waals surface area contributed by atoms with Gasteiger partial charge in [0, 0.05) is 17.0 Å². The lowest BCUT2D eigenvalue weighted by atomic mass is 10.1. The largest absolute Gasteiger partial charge is 0.345 e. The van der Waals surface area contributed by atoms with E-state index in [1.54, 1.807) is 41.0 Å². The van der Waals surface area contributed by atoms with Gasteiger partial charge in [-0.15, -0.1) is 11.3 Å². The average molecular weight is 341 g/mol. The molecule has 2 aromatic heterocycles. The van der Waals surface area contributed by atoms with Crippen LogP contribution in [0.1, 0.15) is 40.8 Å². The Hall–Kier alpha value is -2.47. The van der Waals surface area contributed by atoms with E-state index >= 15 is 0 Å². The predicted molar refractivity (Wildman–Crippen MR) is 96.6 cm³/mol. The minimum atomic E-state index is -0.147. The highest BCUT2D eigenvalue weighted by molar-refractivity contribution is 7.10. The minimum Gasteiger partial charge on any atom is -0.345 e. The van der Waals surface area contributed by atoms with E-state index in [0.717, 1.165) is 10.4 Å². The molecule has 24 heavy (non-hydrogen) atoms. The number of hydrogen-bond donors (Lipinski definition) is 1. The first-order valence-electron chi connectivity index (χ1n) is 7.86. The van der Waals surface area contributed by atoms with Gasteiger partial charge in [0.05, 0.1) is 17.1 Å². The van der Waals surface area contributed by atoms with Gasteiger partial charge in [-0.1, -0.05) is 6.07 Å². The van der Waals surface area contributed by atoms with Crippen LogP contribution in [0.5, 0.6) is 0 Å². The van der Waals surface area contributed by atoms with Crippen molar-refractivity contribution >= 4 is 28.3 Å². The fraction of sp³-hybridized carbons (Fsp3) is 0.278. The molecule has 0 saturated carbocycles. The highest BCUT2D eigenvalue weighted by atomic mass is 32.1. The van der Waals surface area contributed by atoms with Gasteiger partial charge in [-0.3, -0.25) is 9.59 Å². The lowest BCUT2D eigenvalue weighted by Gasteiger charge is -2.13. The van der Waals surface area contributed by atoms with Gasteiger partial charge >= 0.3 is 0 Å². The first-order valence-corrected chi connectivity index (χ1v) is 8.74. The van der Waals surface area contributed by atoms with Crippen molar-refractivity contribution < 1.29 is 4.79 Å². The molecule has 0 aliphatic heterocycles. The predicted octanol–water partition coefficient (Wildman–Crippen LogP) is 3.28. The number of nitrogens with one attached hydrogen (secondary N) is 1. The Bertz CT molecular complexity index is 945. The third-order valence-corrected chi connectivity index (χ3v) is 5.06. The SMILES string of the molecule is CCn1c(=O)c(C)nc2cc(C(=O)NC(C)c3cccs3)ccc21. The van der Waals surface area contributed by atoms with Crippen LogP contribution in [0.25, 0.3) is 11.0 Å². The minimum absolute atomic E-state index is 0.0486. The van der Waals surface area contributed by atoms with Crippen LogP contribution in [-0.2, 0) is 6.54 Å². The van der Waals surface area contributed by atoms with Crippen LogP contribution in [0.15, 0.2) is 40.5 Å².